The van der Waals surface area contributed by atoms with Gasteiger partial charge < -0.3 is 5.32 Å². The Labute approximate surface area is 53.2 Å². The van der Waals surface area contributed by atoms with Crippen LogP contribution in [0.5, 0.6) is 0 Å². The molecule has 2 rings (SSSR count). The fourth-order valence-electron chi connectivity index (χ4n) is 0.908. The summed E-state index contributed by atoms with van der Waals surface area (Å²) < 4.78 is 0. The Kier molecular flexibility index (Phi) is 0.886. The zero-order chi connectivity index (χ0) is 6.10. The number of allylic oxidation sites excluding steroid dienone is 1. The number of nitrogens with one attached hydrogen (secondary N) is 1. The minimum absolute atomic E-state index is 0.0509. The molecular weight excluding hydrogens is 114 g/mol. The number of nitrogens with zero attached hydrogens (tertiary/aromatic N) is 2. The number of hydrogen-bond acceptors (Lipinski definition) is 3. The molecule has 0 aromatic rings. The molecule has 0 aromatic heterocycles. The zero-order valence-corrected chi connectivity index (χ0v) is 4.78. The van der Waals surface area contributed by atoms with Crippen molar-refractivity contribution in [2.75, 3.05) is 0 Å². The molecule has 3 nitrogen and oxygen atoms in total. The van der Waals surface area contributed by atoms with Gasteiger partial charge >= 0.3 is 0 Å². The van der Waals surface area contributed by atoms with Crippen LogP contribution < -0.4 is 5.32 Å². The van der Waals surface area contributed by atoms with E-state index in [1.54, 1.807) is 12.6 Å². The van der Waals surface area contributed by atoms with Crippen molar-refractivity contribution >= 4 is 12.6 Å². The minimum atomic E-state index is 0.0509. The van der Waals surface area contributed by atoms with Gasteiger partial charge in [0.1, 0.15) is 0 Å². The lowest BCUT2D eigenvalue weighted by atomic mass is 10.2. The summed E-state index contributed by atoms with van der Waals surface area (Å²) in [4.78, 5) is 8.13. The van der Waals surface area contributed by atoms with Crippen molar-refractivity contribution in [3.63, 3.8) is 0 Å². The van der Waals surface area contributed by atoms with Crippen molar-refractivity contribution in [1.82, 2.24) is 5.32 Å². The Bertz CT molecular complexity index is 192. The van der Waals surface area contributed by atoms with Gasteiger partial charge in [-0.05, 0) is 12.2 Å². The number of hydrogen-bond donors (Lipinski definition) is 1. The van der Waals surface area contributed by atoms with Gasteiger partial charge in [-0.25, -0.2) is 4.99 Å². The van der Waals surface area contributed by atoms with Crippen LogP contribution in [-0.2, 0) is 0 Å². The van der Waals surface area contributed by atoms with Crippen molar-refractivity contribution < 1.29 is 0 Å². The summed E-state index contributed by atoms with van der Waals surface area (Å²) in [7, 11) is 0. The van der Waals surface area contributed by atoms with Crippen LogP contribution in [0.4, 0.5) is 0 Å². The Morgan fingerprint density at radius 1 is 1.44 bits per heavy atom. The first-order chi connectivity index (χ1) is 4.47. The van der Waals surface area contributed by atoms with Gasteiger partial charge in [0.25, 0.3) is 0 Å². The molecule has 0 saturated heterocycles. The highest BCUT2D eigenvalue weighted by Crippen LogP contribution is 2.08. The van der Waals surface area contributed by atoms with Gasteiger partial charge in [-0.2, -0.15) is 0 Å². The molecule has 2 unspecified atom stereocenters. The standard InChI is InChI=1S/C6H6N3/c1-2-5-6(7-3-1)9-4-8-5/h1,3-6H,(H,8,9). The molecule has 0 fully saturated rings. The Hall–Kier alpha value is -1.12. The molecule has 2 aliphatic heterocycles. The van der Waals surface area contributed by atoms with Crippen LogP contribution in [0, 0.1) is 6.08 Å². The second kappa shape index (κ2) is 1.69. The molecular formula is C6H6N3. The van der Waals surface area contributed by atoms with Crippen LogP contribution in [0.15, 0.2) is 16.1 Å². The van der Waals surface area contributed by atoms with E-state index in [-0.39, 0.29) is 12.2 Å². The maximum atomic E-state index is 4.09. The molecule has 0 aromatic carbocycles. The molecule has 0 saturated carbocycles. The van der Waals surface area contributed by atoms with E-state index in [0.29, 0.717) is 0 Å². The van der Waals surface area contributed by atoms with Crippen LogP contribution in [0.25, 0.3) is 0 Å². The summed E-state index contributed by atoms with van der Waals surface area (Å²) in [6.07, 6.45) is 8.34. The highest BCUT2D eigenvalue weighted by Gasteiger charge is 2.21. The lowest BCUT2D eigenvalue weighted by Gasteiger charge is -2.11. The van der Waals surface area contributed by atoms with Gasteiger partial charge in [0.05, 0.1) is 12.4 Å². The van der Waals surface area contributed by atoms with Crippen molar-refractivity contribution in [3.8, 4) is 0 Å². The van der Waals surface area contributed by atoms with E-state index < -0.39 is 0 Å². The second-order valence-corrected chi connectivity index (χ2v) is 1.97. The maximum Gasteiger partial charge on any atom is 0.165 e. The summed E-state index contributed by atoms with van der Waals surface area (Å²) in [6.45, 7) is 0. The van der Waals surface area contributed by atoms with Gasteiger partial charge in [0, 0.05) is 6.21 Å². The van der Waals surface area contributed by atoms with Crippen molar-refractivity contribution in [1.29, 1.82) is 0 Å². The Morgan fingerprint density at radius 3 is 3.33 bits per heavy atom. The molecule has 0 amide bonds. The van der Waals surface area contributed by atoms with Crippen LogP contribution in [0.1, 0.15) is 0 Å². The minimum Gasteiger partial charge on any atom is -0.365 e. The molecule has 45 valence electrons. The fourth-order valence-corrected chi connectivity index (χ4v) is 0.908. The first-order valence-corrected chi connectivity index (χ1v) is 2.85. The number of aliphatic imine (C=N–C) groups is 2. The van der Waals surface area contributed by atoms with Gasteiger partial charge in [0.15, 0.2) is 6.17 Å². The van der Waals surface area contributed by atoms with Crippen molar-refractivity contribution in [2.24, 2.45) is 9.98 Å². The van der Waals surface area contributed by atoms with Gasteiger partial charge in [-0.1, -0.05) is 0 Å². The molecule has 1 radical (unpaired) electrons. The lowest BCUT2D eigenvalue weighted by Crippen LogP contribution is -2.30. The smallest absolute Gasteiger partial charge is 0.165 e. The van der Waals surface area contributed by atoms with E-state index in [2.05, 4.69) is 21.4 Å². The summed E-state index contributed by atoms with van der Waals surface area (Å²) in [6, 6.07) is 0.190. The summed E-state index contributed by atoms with van der Waals surface area (Å²) in [5, 5.41) is 3.01. The quantitative estimate of drug-likeness (QED) is 0.470. The predicted octanol–water partition coefficient (Wildman–Crippen LogP) is -0.244. The van der Waals surface area contributed by atoms with Crippen LogP contribution in [0.2, 0.25) is 0 Å². The highest BCUT2D eigenvalue weighted by atomic mass is 15.2. The molecule has 0 spiro atoms. The molecule has 2 aliphatic rings. The number of fused-ring (bicyclic) bond motifs is 1. The second-order valence-electron chi connectivity index (χ2n) is 1.97. The normalized spacial score (nSPS) is 36.4. The Balaban J connectivity index is 2.25. The highest BCUT2D eigenvalue weighted by molar-refractivity contribution is 5.73. The molecule has 3 heteroatoms. The molecule has 9 heavy (non-hydrogen) atoms. The van der Waals surface area contributed by atoms with Crippen LogP contribution in [-0.4, -0.2) is 24.8 Å². The predicted molar refractivity (Wildman–Crippen MR) is 35.5 cm³/mol. The summed E-state index contributed by atoms with van der Waals surface area (Å²) in [5.74, 6) is 0. The van der Waals surface area contributed by atoms with E-state index in [4.69, 9.17) is 0 Å². The van der Waals surface area contributed by atoms with Crippen molar-refractivity contribution in [3.05, 3.63) is 12.2 Å². The van der Waals surface area contributed by atoms with Gasteiger partial charge in [0.2, 0.25) is 0 Å². The van der Waals surface area contributed by atoms with Gasteiger partial charge in [-0.15, -0.1) is 0 Å². The summed E-state index contributed by atoms with van der Waals surface area (Å²) >= 11 is 0. The largest absolute Gasteiger partial charge is 0.365 e. The SMILES string of the molecule is [C]1=CC=NC2N=CNC12. The fraction of sp³-hybridized carbons (Fsp3) is 0.333. The van der Waals surface area contributed by atoms with E-state index >= 15 is 0 Å². The molecule has 2 atom stereocenters. The van der Waals surface area contributed by atoms with E-state index in [1.807, 2.05) is 6.08 Å². The molecule has 0 bridgehead atoms. The van der Waals surface area contributed by atoms with Crippen LogP contribution >= 0.6 is 0 Å². The van der Waals surface area contributed by atoms with E-state index in [1.165, 1.54) is 0 Å². The zero-order valence-electron chi connectivity index (χ0n) is 4.78. The molecule has 2 heterocycles. The first-order valence-electron chi connectivity index (χ1n) is 2.85. The van der Waals surface area contributed by atoms with Gasteiger partial charge in [-0.3, -0.25) is 4.99 Å². The molecule has 0 aliphatic carbocycles. The summed E-state index contributed by atoms with van der Waals surface area (Å²) in [5.41, 5.74) is 0. The van der Waals surface area contributed by atoms with E-state index in [9.17, 15) is 0 Å². The average molecular weight is 120 g/mol. The average Bonchev–Trinajstić information content (AvgIpc) is 2.33. The third-order valence-corrected chi connectivity index (χ3v) is 1.37. The molecule has 1 N–H and O–H groups in total. The topological polar surface area (TPSA) is 36.8 Å². The third kappa shape index (κ3) is 0.650. The maximum absolute atomic E-state index is 4.09. The first kappa shape index (κ1) is 4.73. The number of rotatable bonds is 0. The van der Waals surface area contributed by atoms with E-state index in [0.717, 1.165) is 0 Å². The number of dihydropyridines is 1. The van der Waals surface area contributed by atoms with Crippen molar-refractivity contribution in [2.45, 2.75) is 12.2 Å². The third-order valence-electron chi connectivity index (χ3n) is 1.37. The lowest BCUT2D eigenvalue weighted by molar-refractivity contribution is 0.615. The van der Waals surface area contributed by atoms with Crippen LogP contribution in [0.3, 0.4) is 0 Å². The Morgan fingerprint density at radius 2 is 2.44 bits per heavy atom. The monoisotopic (exact) mass is 120 g/mol.